The molecule has 9 nitrogen and oxygen atoms in total. The van der Waals surface area contributed by atoms with E-state index in [1.807, 2.05) is 0 Å². The number of nitrogens with two attached hydrogens (primary N) is 1. The standard InChI is InChI=1S/C17H17N5O4/c18-15-13-16(20-8-19-15)22(9-21-13)17(6-11(24)12(7-23)26-17)14(25)10-4-2-1-3-5-10/h1-5,8-9,11-12,23-24H,6-7H2,(H2,18,19,20)/t11-,12+,17-/m0/s1/i6D/t6-,11+,12-,17+/m1. The van der Waals surface area contributed by atoms with Gasteiger partial charge in [0, 0.05) is 13.3 Å². The van der Waals surface area contributed by atoms with Crippen molar-refractivity contribution in [2.75, 3.05) is 12.3 Å². The van der Waals surface area contributed by atoms with Crippen molar-refractivity contribution in [1.29, 1.82) is 0 Å². The number of carbonyl (C=O) groups excluding carboxylic acids is 1. The molecule has 4 rings (SSSR count). The largest absolute Gasteiger partial charge is 0.394 e. The third kappa shape index (κ3) is 2.37. The van der Waals surface area contributed by atoms with Crippen LogP contribution in [0.3, 0.4) is 0 Å². The monoisotopic (exact) mass is 356 g/mol. The summed E-state index contributed by atoms with van der Waals surface area (Å²) in [5.41, 5.74) is 4.57. The molecular formula is C17H17N5O4. The highest BCUT2D eigenvalue weighted by Gasteiger charge is 2.53. The SMILES string of the molecule is [2H][C@@H]1[C@H](O)[C@@H](CO)O[C@@]1(C(=O)c1ccccc1)n1cnc2c(N)ncnc21. The molecule has 4 N–H and O–H groups in total. The molecule has 4 atom stereocenters. The number of hydrogen-bond acceptors (Lipinski definition) is 8. The zero-order chi connectivity index (χ0) is 19.2. The predicted molar refractivity (Wildman–Crippen MR) is 91.1 cm³/mol. The Hall–Kier alpha value is -2.88. The lowest BCUT2D eigenvalue weighted by molar-refractivity contribution is -0.0900. The number of hydrogen-bond donors (Lipinski definition) is 3. The summed E-state index contributed by atoms with van der Waals surface area (Å²) in [5.74, 6) is -0.450. The molecule has 1 aliphatic rings. The number of benzene rings is 1. The number of nitrogens with zero attached hydrogens (tertiary/aromatic N) is 4. The number of aromatic nitrogens is 4. The molecule has 1 aromatic carbocycles. The molecule has 0 amide bonds. The van der Waals surface area contributed by atoms with Crippen molar-refractivity contribution in [3.05, 3.63) is 48.5 Å². The topological polar surface area (TPSA) is 136 Å². The Bertz CT molecular complexity index is 997. The number of nitrogen functional groups attached to an aromatic ring is 1. The van der Waals surface area contributed by atoms with Gasteiger partial charge in [-0.1, -0.05) is 30.3 Å². The molecule has 1 fully saturated rings. The van der Waals surface area contributed by atoms with Crippen LogP contribution in [-0.4, -0.2) is 54.3 Å². The lowest BCUT2D eigenvalue weighted by atomic mass is 9.96. The predicted octanol–water partition coefficient (Wildman–Crippen LogP) is 0.0863. The number of rotatable bonds is 4. The second-order valence-corrected chi connectivity index (χ2v) is 5.93. The van der Waals surface area contributed by atoms with Gasteiger partial charge in [0.05, 0.1) is 19.0 Å². The number of aliphatic hydroxyl groups excluding tert-OH is 2. The zero-order valence-electron chi connectivity index (χ0n) is 14.6. The van der Waals surface area contributed by atoms with E-state index in [2.05, 4.69) is 15.0 Å². The van der Waals surface area contributed by atoms with Gasteiger partial charge >= 0.3 is 0 Å². The molecule has 0 saturated carbocycles. The van der Waals surface area contributed by atoms with Crippen molar-refractivity contribution in [3.8, 4) is 0 Å². The molecule has 9 heteroatoms. The smallest absolute Gasteiger partial charge is 0.215 e. The molecule has 2 aromatic heterocycles. The van der Waals surface area contributed by atoms with Crippen LogP contribution in [-0.2, 0) is 10.5 Å². The van der Waals surface area contributed by atoms with Gasteiger partial charge in [0.2, 0.25) is 11.5 Å². The summed E-state index contributed by atoms with van der Waals surface area (Å²) >= 11 is 0. The highest BCUT2D eigenvalue weighted by atomic mass is 16.6. The Morgan fingerprint density at radius 2 is 2.15 bits per heavy atom. The fraction of sp³-hybridized carbons (Fsp3) is 0.294. The molecule has 1 saturated heterocycles. The van der Waals surface area contributed by atoms with Gasteiger partial charge in [-0.05, 0) is 0 Å². The quantitative estimate of drug-likeness (QED) is 0.559. The van der Waals surface area contributed by atoms with Gasteiger partial charge in [-0.3, -0.25) is 9.36 Å². The van der Waals surface area contributed by atoms with E-state index in [1.165, 1.54) is 17.2 Å². The summed E-state index contributed by atoms with van der Waals surface area (Å²) in [4.78, 5) is 25.6. The lowest BCUT2D eigenvalue weighted by Crippen LogP contribution is -2.42. The van der Waals surface area contributed by atoms with Crippen molar-refractivity contribution in [3.63, 3.8) is 0 Å². The van der Waals surface area contributed by atoms with Crippen LogP contribution in [0.1, 0.15) is 18.1 Å². The Balaban J connectivity index is 1.97. The second kappa shape index (κ2) is 6.13. The van der Waals surface area contributed by atoms with E-state index in [9.17, 15) is 15.0 Å². The number of anilines is 1. The fourth-order valence-corrected chi connectivity index (χ4v) is 3.09. The maximum atomic E-state index is 13.5. The van der Waals surface area contributed by atoms with Gasteiger partial charge in [-0.2, -0.15) is 0 Å². The molecule has 1 aliphatic heterocycles. The Labute approximate surface area is 149 Å². The average Bonchev–Trinajstić information content (AvgIpc) is 3.24. The van der Waals surface area contributed by atoms with Crippen LogP contribution in [0.2, 0.25) is 0 Å². The molecular weight excluding hydrogens is 338 g/mol. The zero-order valence-corrected chi connectivity index (χ0v) is 13.6. The summed E-state index contributed by atoms with van der Waals surface area (Å²) in [7, 11) is 0. The number of Topliss-reactive ketones (excluding diaryl/α,β-unsaturated/α-hetero) is 1. The van der Waals surface area contributed by atoms with Gasteiger partial charge < -0.3 is 20.7 Å². The second-order valence-electron chi connectivity index (χ2n) is 5.93. The van der Waals surface area contributed by atoms with Crippen molar-refractivity contribution in [1.82, 2.24) is 19.5 Å². The van der Waals surface area contributed by atoms with Crippen LogP contribution < -0.4 is 5.73 Å². The van der Waals surface area contributed by atoms with E-state index < -0.39 is 36.7 Å². The van der Waals surface area contributed by atoms with Gasteiger partial charge in [-0.25, -0.2) is 15.0 Å². The highest BCUT2D eigenvalue weighted by Crippen LogP contribution is 2.39. The van der Waals surface area contributed by atoms with Crippen LogP contribution in [0.5, 0.6) is 0 Å². The number of fused-ring (bicyclic) bond motifs is 1. The fourth-order valence-electron chi connectivity index (χ4n) is 3.09. The van der Waals surface area contributed by atoms with Gasteiger partial charge in [0.15, 0.2) is 11.5 Å². The van der Waals surface area contributed by atoms with Crippen molar-refractivity contribution in [2.24, 2.45) is 0 Å². The molecule has 0 unspecified atom stereocenters. The van der Waals surface area contributed by atoms with E-state index in [1.54, 1.807) is 30.3 Å². The molecule has 0 spiro atoms. The van der Waals surface area contributed by atoms with Crippen LogP contribution in [0.25, 0.3) is 11.2 Å². The highest BCUT2D eigenvalue weighted by molar-refractivity contribution is 6.02. The molecule has 134 valence electrons. The summed E-state index contributed by atoms with van der Waals surface area (Å²) in [6, 6.07) is 8.29. The van der Waals surface area contributed by atoms with Gasteiger partial charge in [0.25, 0.3) is 0 Å². The van der Waals surface area contributed by atoms with Gasteiger partial charge in [0.1, 0.15) is 17.9 Å². The Morgan fingerprint density at radius 3 is 2.85 bits per heavy atom. The van der Waals surface area contributed by atoms with E-state index >= 15 is 0 Å². The summed E-state index contributed by atoms with van der Waals surface area (Å²) < 4.78 is 15.6. The first-order valence-electron chi connectivity index (χ1n) is 8.51. The first kappa shape index (κ1) is 15.4. The van der Waals surface area contributed by atoms with Crippen LogP contribution in [0.4, 0.5) is 5.82 Å². The number of aliphatic hydroxyl groups is 2. The summed E-state index contributed by atoms with van der Waals surface area (Å²) in [5, 5.41) is 19.9. The molecule has 0 bridgehead atoms. The average molecular weight is 356 g/mol. The molecule has 26 heavy (non-hydrogen) atoms. The van der Waals surface area contributed by atoms with Crippen LogP contribution in [0.15, 0.2) is 43.0 Å². The van der Waals surface area contributed by atoms with E-state index in [0.29, 0.717) is 0 Å². The first-order valence-corrected chi connectivity index (χ1v) is 7.93. The van der Waals surface area contributed by atoms with Crippen molar-refractivity contribution in [2.45, 2.75) is 24.3 Å². The third-order valence-corrected chi connectivity index (χ3v) is 4.37. The third-order valence-electron chi connectivity index (χ3n) is 4.37. The van der Waals surface area contributed by atoms with Crippen molar-refractivity contribution >= 4 is 22.8 Å². The number of carbonyl (C=O) groups is 1. The van der Waals surface area contributed by atoms with Crippen LogP contribution in [0, 0.1) is 0 Å². The van der Waals surface area contributed by atoms with E-state index in [0.717, 1.165) is 0 Å². The van der Waals surface area contributed by atoms with Crippen LogP contribution >= 0.6 is 0 Å². The molecule has 0 aliphatic carbocycles. The number of ether oxygens (including phenoxy) is 1. The minimum Gasteiger partial charge on any atom is -0.394 e. The molecule has 0 radical (unpaired) electrons. The lowest BCUT2D eigenvalue weighted by Gasteiger charge is -2.29. The normalized spacial score (nSPS) is 29.0. The number of ketones is 1. The molecule has 3 aromatic rings. The Morgan fingerprint density at radius 1 is 1.38 bits per heavy atom. The van der Waals surface area contributed by atoms with Crippen molar-refractivity contribution < 1.29 is 21.1 Å². The minimum atomic E-state index is -1.97. The maximum Gasteiger partial charge on any atom is 0.215 e. The Kier molecular flexibility index (Phi) is 3.63. The van der Waals surface area contributed by atoms with E-state index in [-0.39, 0.29) is 22.5 Å². The molecule has 3 heterocycles. The summed E-state index contributed by atoms with van der Waals surface area (Å²) in [6.07, 6.45) is -1.44. The maximum absolute atomic E-state index is 13.5. The summed E-state index contributed by atoms with van der Waals surface area (Å²) in [6.45, 7) is -0.551. The van der Waals surface area contributed by atoms with E-state index in [4.69, 9.17) is 11.8 Å². The number of imidazole rings is 1. The first-order chi connectivity index (χ1) is 13.0. The minimum absolute atomic E-state index is 0.111. The van der Waals surface area contributed by atoms with Gasteiger partial charge in [-0.15, -0.1) is 0 Å².